The zero-order valence-electron chi connectivity index (χ0n) is 10.9. The summed E-state index contributed by atoms with van der Waals surface area (Å²) in [7, 11) is 0. The number of hydrogen-bond acceptors (Lipinski definition) is 3. The number of hydrogen-bond donors (Lipinski definition) is 2. The standard InChI is InChI=1S/C14H12FN3O3/c15-10-7-18(14(21)17-12(10)19)13(20)16-11-6-5-8-3-1-2-4-9(8)11/h1-4,7,11H,5-6H2,(H,16,20)(H,17,19,21). The van der Waals surface area contributed by atoms with Crippen LogP contribution in [0.25, 0.3) is 0 Å². The predicted molar refractivity (Wildman–Crippen MR) is 72.7 cm³/mol. The van der Waals surface area contributed by atoms with E-state index in [4.69, 9.17) is 0 Å². The van der Waals surface area contributed by atoms with Crippen molar-refractivity contribution < 1.29 is 9.18 Å². The molecule has 108 valence electrons. The summed E-state index contributed by atoms with van der Waals surface area (Å²) in [6.45, 7) is 0. The number of aromatic amines is 1. The van der Waals surface area contributed by atoms with Gasteiger partial charge in [0.25, 0.3) is 5.56 Å². The number of halogens is 1. The lowest BCUT2D eigenvalue weighted by Crippen LogP contribution is -2.41. The SMILES string of the molecule is O=C(NC1CCc2ccccc21)n1cc(F)c(=O)[nH]c1=O. The molecule has 1 heterocycles. The molecule has 0 radical (unpaired) electrons. The van der Waals surface area contributed by atoms with Crippen molar-refractivity contribution in [1.82, 2.24) is 14.9 Å². The summed E-state index contributed by atoms with van der Waals surface area (Å²) in [5, 5.41) is 2.67. The van der Waals surface area contributed by atoms with Gasteiger partial charge in [0.05, 0.1) is 12.2 Å². The monoisotopic (exact) mass is 289 g/mol. The molecule has 2 aromatic rings. The topological polar surface area (TPSA) is 84.0 Å². The third-order valence-corrected chi connectivity index (χ3v) is 3.55. The second-order valence-corrected chi connectivity index (χ2v) is 4.85. The maximum absolute atomic E-state index is 13.2. The molecule has 0 saturated heterocycles. The maximum atomic E-state index is 13.2. The first kappa shape index (κ1) is 13.3. The Hall–Kier alpha value is -2.70. The van der Waals surface area contributed by atoms with Crippen molar-refractivity contribution in [3.8, 4) is 0 Å². The zero-order chi connectivity index (χ0) is 15.0. The number of carbonyl (C=O) groups is 1. The molecule has 7 heteroatoms. The molecule has 6 nitrogen and oxygen atoms in total. The molecule has 0 saturated carbocycles. The van der Waals surface area contributed by atoms with Crippen molar-refractivity contribution in [3.05, 3.63) is 68.2 Å². The number of H-pyrrole nitrogens is 1. The summed E-state index contributed by atoms with van der Waals surface area (Å²) in [6.07, 6.45) is 2.14. The average molecular weight is 289 g/mol. The largest absolute Gasteiger partial charge is 0.336 e. The number of aromatic nitrogens is 2. The highest BCUT2D eigenvalue weighted by atomic mass is 19.1. The molecule has 1 atom stereocenters. The highest BCUT2D eigenvalue weighted by Crippen LogP contribution is 2.30. The van der Waals surface area contributed by atoms with Gasteiger partial charge in [0.1, 0.15) is 0 Å². The number of aryl methyl sites for hydroxylation is 1. The van der Waals surface area contributed by atoms with Crippen LogP contribution in [0.15, 0.2) is 40.1 Å². The van der Waals surface area contributed by atoms with E-state index in [0.29, 0.717) is 17.2 Å². The van der Waals surface area contributed by atoms with Gasteiger partial charge in [-0.05, 0) is 24.0 Å². The minimum Gasteiger partial charge on any atom is -0.330 e. The lowest BCUT2D eigenvalue weighted by molar-refractivity contribution is 0.237. The van der Waals surface area contributed by atoms with Crippen molar-refractivity contribution >= 4 is 6.03 Å². The van der Waals surface area contributed by atoms with E-state index < -0.39 is 23.1 Å². The second-order valence-electron chi connectivity index (χ2n) is 4.85. The first-order chi connectivity index (χ1) is 10.1. The smallest absolute Gasteiger partial charge is 0.330 e. The van der Waals surface area contributed by atoms with Gasteiger partial charge in [0, 0.05) is 0 Å². The minimum absolute atomic E-state index is 0.226. The number of rotatable bonds is 1. The molecular formula is C14H12FN3O3. The van der Waals surface area contributed by atoms with Gasteiger partial charge < -0.3 is 5.32 Å². The summed E-state index contributed by atoms with van der Waals surface area (Å²) >= 11 is 0. The van der Waals surface area contributed by atoms with Gasteiger partial charge in [0.2, 0.25) is 5.82 Å². The summed E-state index contributed by atoms with van der Waals surface area (Å²) in [4.78, 5) is 36.3. The lowest BCUT2D eigenvalue weighted by Gasteiger charge is -2.14. The van der Waals surface area contributed by atoms with Crippen LogP contribution in [-0.2, 0) is 6.42 Å². The van der Waals surface area contributed by atoms with E-state index in [9.17, 15) is 18.8 Å². The van der Waals surface area contributed by atoms with Crippen LogP contribution in [0, 0.1) is 5.82 Å². The van der Waals surface area contributed by atoms with Crippen molar-refractivity contribution in [2.75, 3.05) is 0 Å². The van der Waals surface area contributed by atoms with E-state index in [0.717, 1.165) is 17.5 Å². The molecule has 2 N–H and O–H groups in total. The summed E-state index contributed by atoms with van der Waals surface area (Å²) in [6, 6.07) is 6.68. The molecular weight excluding hydrogens is 277 g/mol. The first-order valence-electron chi connectivity index (χ1n) is 6.46. The van der Waals surface area contributed by atoms with E-state index in [1.165, 1.54) is 0 Å². The summed E-state index contributed by atoms with van der Waals surface area (Å²) < 4.78 is 13.7. The van der Waals surface area contributed by atoms with Gasteiger partial charge in [-0.1, -0.05) is 24.3 Å². The molecule has 1 aliphatic carbocycles. The third kappa shape index (κ3) is 2.37. The van der Waals surface area contributed by atoms with Crippen LogP contribution in [0.2, 0.25) is 0 Å². The Balaban J connectivity index is 1.87. The quantitative estimate of drug-likeness (QED) is 0.818. The maximum Gasteiger partial charge on any atom is 0.336 e. The Morgan fingerprint density at radius 2 is 2.10 bits per heavy atom. The molecule has 1 aliphatic rings. The van der Waals surface area contributed by atoms with Crippen LogP contribution < -0.4 is 16.6 Å². The van der Waals surface area contributed by atoms with E-state index in [1.54, 1.807) is 4.98 Å². The highest BCUT2D eigenvalue weighted by molar-refractivity contribution is 5.77. The molecule has 0 fully saturated rings. The first-order valence-corrected chi connectivity index (χ1v) is 6.46. The van der Waals surface area contributed by atoms with Gasteiger partial charge in [-0.15, -0.1) is 0 Å². The van der Waals surface area contributed by atoms with Crippen LogP contribution in [0.5, 0.6) is 0 Å². The molecule has 0 aliphatic heterocycles. The fourth-order valence-corrected chi connectivity index (χ4v) is 2.52. The molecule has 1 unspecified atom stereocenters. The number of carbonyl (C=O) groups excluding carboxylic acids is 1. The van der Waals surface area contributed by atoms with E-state index in [-0.39, 0.29) is 6.04 Å². The molecule has 1 amide bonds. The van der Waals surface area contributed by atoms with Crippen molar-refractivity contribution in [1.29, 1.82) is 0 Å². The molecule has 3 rings (SSSR count). The van der Waals surface area contributed by atoms with Gasteiger partial charge in [-0.3, -0.25) is 9.78 Å². The molecule has 0 bridgehead atoms. The predicted octanol–water partition coefficient (Wildman–Crippen LogP) is 0.921. The van der Waals surface area contributed by atoms with Crippen molar-refractivity contribution in [3.63, 3.8) is 0 Å². The Labute approximate surface area is 118 Å². The van der Waals surface area contributed by atoms with E-state index in [1.807, 2.05) is 24.3 Å². The zero-order valence-corrected chi connectivity index (χ0v) is 10.9. The number of nitrogens with one attached hydrogen (secondary N) is 2. The fraction of sp³-hybridized carbons (Fsp3) is 0.214. The second kappa shape index (κ2) is 5.01. The van der Waals surface area contributed by atoms with Gasteiger partial charge in [0.15, 0.2) is 0 Å². The minimum atomic E-state index is -1.18. The van der Waals surface area contributed by atoms with Crippen LogP contribution in [0.3, 0.4) is 0 Å². The molecule has 0 spiro atoms. The fourth-order valence-electron chi connectivity index (χ4n) is 2.52. The van der Waals surface area contributed by atoms with Crippen LogP contribution >= 0.6 is 0 Å². The Kier molecular flexibility index (Phi) is 3.17. The highest BCUT2D eigenvalue weighted by Gasteiger charge is 2.24. The summed E-state index contributed by atoms with van der Waals surface area (Å²) in [5.41, 5.74) is 0.0204. The number of amides is 1. The molecule has 1 aromatic carbocycles. The van der Waals surface area contributed by atoms with Crippen molar-refractivity contribution in [2.45, 2.75) is 18.9 Å². The lowest BCUT2D eigenvalue weighted by atomic mass is 10.1. The van der Waals surface area contributed by atoms with Gasteiger partial charge in [-0.2, -0.15) is 4.39 Å². The molecule has 21 heavy (non-hydrogen) atoms. The van der Waals surface area contributed by atoms with Gasteiger partial charge >= 0.3 is 11.7 Å². The number of fused-ring (bicyclic) bond motifs is 1. The third-order valence-electron chi connectivity index (χ3n) is 3.55. The van der Waals surface area contributed by atoms with E-state index >= 15 is 0 Å². The average Bonchev–Trinajstić information content (AvgIpc) is 2.86. The Morgan fingerprint density at radius 1 is 1.33 bits per heavy atom. The normalized spacial score (nSPS) is 16.5. The number of nitrogens with zero attached hydrogens (tertiary/aromatic N) is 1. The Morgan fingerprint density at radius 3 is 2.90 bits per heavy atom. The van der Waals surface area contributed by atoms with Crippen molar-refractivity contribution in [2.24, 2.45) is 0 Å². The number of benzene rings is 1. The summed E-state index contributed by atoms with van der Waals surface area (Å²) in [5.74, 6) is -1.18. The van der Waals surface area contributed by atoms with Gasteiger partial charge in [-0.25, -0.2) is 14.2 Å². The Bertz CT molecular complexity index is 825. The van der Waals surface area contributed by atoms with Crippen LogP contribution in [0.4, 0.5) is 9.18 Å². The molecule has 1 aromatic heterocycles. The van der Waals surface area contributed by atoms with Crippen LogP contribution in [-0.4, -0.2) is 15.6 Å². The van der Waals surface area contributed by atoms with Crippen LogP contribution in [0.1, 0.15) is 23.6 Å². The van der Waals surface area contributed by atoms with E-state index in [2.05, 4.69) is 5.32 Å².